The Labute approximate surface area is 194 Å². The molecule has 3 rings (SSSR count). The Hall–Kier alpha value is -2.78. The van der Waals surface area contributed by atoms with Gasteiger partial charge in [0, 0.05) is 29.6 Å². The van der Waals surface area contributed by atoms with Gasteiger partial charge in [0.2, 0.25) is 0 Å². The molecule has 0 aliphatic carbocycles. The van der Waals surface area contributed by atoms with Crippen molar-refractivity contribution in [2.24, 2.45) is 0 Å². The van der Waals surface area contributed by atoms with Crippen LogP contribution in [0.1, 0.15) is 18.1 Å². The lowest BCUT2D eigenvalue weighted by Crippen LogP contribution is -2.31. The molecule has 10 heteroatoms. The summed E-state index contributed by atoms with van der Waals surface area (Å²) in [4.78, 5) is -0.473. The molecule has 0 fully saturated rings. The minimum Gasteiger partial charge on any atom is -0.493 e. The summed E-state index contributed by atoms with van der Waals surface area (Å²) in [6.07, 6.45) is -4.48. The Kier molecular flexibility index (Phi) is 7.54. The normalized spacial score (nSPS) is 11.9. The Morgan fingerprint density at radius 1 is 1.00 bits per heavy atom. The summed E-state index contributed by atoms with van der Waals surface area (Å²) in [6, 6.07) is 14.1. The average molecular weight is 502 g/mol. The van der Waals surface area contributed by atoms with Crippen LogP contribution in [0.15, 0.2) is 71.6 Å². The van der Waals surface area contributed by atoms with Crippen molar-refractivity contribution in [2.75, 3.05) is 17.5 Å². The van der Waals surface area contributed by atoms with E-state index >= 15 is 0 Å². The predicted octanol–water partition coefficient (Wildman–Crippen LogP) is 6.33. The molecule has 0 aliphatic heterocycles. The number of sulfonamides is 1. The van der Waals surface area contributed by atoms with E-state index in [0.717, 1.165) is 22.5 Å². The van der Waals surface area contributed by atoms with Crippen molar-refractivity contribution >= 4 is 27.3 Å². The fourth-order valence-corrected chi connectivity index (χ4v) is 4.99. The average Bonchev–Trinajstić information content (AvgIpc) is 2.76. The summed E-state index contributed by atoms with van der Waals surface area (Å²) < 4.78 is 85.9. The van der Waals surface area contributed by atoms with Crippen LogP contribution in [0.25, 0.3) is 0 Å². The Balaban J connectivity index is 1.81. The van der Waals surface area contributed by atoms with Gasteiger partial charge in [-0.15, -0.1) is 0 Å². The number of benzene rings is 3. The number of halogens is 5. The van der Waals surface area contributed by atoms with Gasteiger partial charge in [0.05, 0.1) is 22.8 Å². The van der Waals surface area contributed by atoms with Gasteiger partial charge in [0.25, 0.3) is 10.0 Å². The number of anilines is 1. The monoisotopic (exact) mass is 501 g/mol. The first-order valence-electron chi connectivity index (χ1n) is 9.89. The SMILES string of the molecule is CCN(c1cccc(OCCc2c(F)cccc2Cl)c1)S(=O)(=O)c1cccc(C(F)(F)F)c1. The van der Waals surface area contributed by atoms with Crippen LogP contribution in [0, 0.1) is 5.82 Å². The van der Waals surface area contributed by atoms with Gasteiger partial charge in [-0.1, -0.05) is 29.8 Å². The van der Waals surface area contributed by atoms with Gasteiger partial charge in [0.1, 0.15) is 11.6 Å². The lowest BCUT2D eigenvalue weighted by Gasteiger charge is -2.24. The second kappa shape index (κ2) is 10.0. The van der Waals surface area contributed by atoms with Crippen LogP contribution in [0.5, 0.6) is 5.75 Å². The third kappa shape index (κ3) is 5.78. The number of hydrogen-bond donors (Lipinski definition) is 0. The molecule has 0 saturated heterocycles. The van der Waals surface area contributed by atoms with E-state index in [-0.39, 0.29) is 30.3 Å². The molecule has 3 aromatic rings. The quantitative estimate of drug-likeness (QED) is 0.339. The highest BCUT2D eigenvalue weighted by atomic mass is 35.5. The predicted molar refractivity (Wildman–Crippen MR) is 119 cm³/mol. The highest BCUT2D eigenvalue weighted by Gasteiger charge is 2.33. The summed E-state index contributed by atoms with van der Waals surface area (Å²) >= 11 is 6.01. The van der Waals surface area contributed by atoms with E-state index in [9.17, 15) is 26.0 Å². The number of alkyl halides is 3. The van der Waals surface area contributed by atoms with Crippen molar-refractivity contribution < 1.29 is 30.7 Å². The minimum absolute atomic E-state index is 0.0210. The second-order valence-corrected chi connectivity index (χ2v) is 9.26. The zero-order valence-corrected chi connectivity index (χ0v) is 19.0. The Morgan fingerprint density at radius 2 is 1.70 bits per heavy atom. The lowest BCUT2D eigenvalue weighted by molar-refractivity contribution is -0.137. The molecule has 0 N–H and O–H groups in total. The van der Waals surface area contributed by atoms with E-state index in [1.165, 1.54) is 24.3 Å². The Bertz CT molecular complexity index is 1210. The van der Waals surface area contributed by atoms with E-state index in [1.807, 2.05) is 0 Å². The van der Waals surface area contributed by atoms with Crippen LogP contribution in [0.4, 0.5) is 23.2 Å². The molecule has 0 aromatic heterocycles. The van der Waals surface area contributed by atoms with E-state index < -0.39 is 32.5 Å². The van der Waals surface area contributed by atoms with Crippen molar-refractivity contribution in [3.63, 3.8) is 0 Å². The first-order chi connectivity index (χ1) is 15.5. The molecule has 0 amide bonds. The first kappa shape index (κ1) is 24.9. The molecule has 0 heterocycles. The maximum Gasteiger partial charge on any atom is 0.416 e. The minimum atomic E-state index is -4.67. The number of hydrogen-bond acceptors (Lipinski definition) is 3. The Morgan fingerprint density at radius 3 is 2.36 bits per heavy atom. The van der Waals surface area contributed by atoms with Gasteiger partial charge in [-0.25, -0.2) is 12.8 Å². The van der Waals surface area contributed by atoms with Gasteiger partial charge in [0.15, 0.2) is 0 Å². The van der Waals surface area contributed by atoms with E-state index in [0.29, 0.717) is 17.4 Å². The lowest BCUT2D eigenvalue weighted by atomic mass is 10.1. The summed E-state index contributed by atoms with van der Waals surface area (Å²) in [6.45, 7) is 1.63. The van der Waals surface area contributed by atoms with Gasteiger partial charge in [-0.05, 0) is 49.4 Å². The zero-order valence-electron chi connectivity index (χ0n) is 17.4. The zero-order chi connectivity index (χ0) is 24.2. The molecule has 0 radical (unpaired) electrons. The van der Waals surface area contributed by atoms with Gasteiger partial charge < -0.3 is 4.74 Å². The van der Waals surface area contributed by atoms with Crippen molar-refractivity contribution in [3.8, 4) is 5.75 Å². The second-order valence-electron chi connectivity index (χ2n) is 6.99. The third-order valence-electron chi connectivity index (χ3n) is 4.82. The molecule has 0 spiro atoms. The molecular weight excluding hydrogens is 482 g/mol. The van der Waals surface area contributed by atoms with Crippen LogP contribution in [0.2, 0.25) is 5.02 Å². The maximum atomic E-state index is 13.9. The van der Waals surface area contributed by atoms with Crippen molar-refractivity contribution in [1.29, 1.82) is 0 Å². The first-order valence-corrected chi connectivity index (χ1v) is 11.7. The molecule has 33 heavy (non-hydrogen) atoms. The molecule has 0 unspecified atom stereocenters. The van der Waals surface area contributed by atoms with Crippen LogP contribution in [-0.2, 0) is 22.6 Å². The molecule has 0 atom stereocenters. The van der Waals surface area contributed by atoms with Crippen LogP contribution in [-0.4, -0.2) is 21.6 Å². The number of nitrogens with zero attached hydrogens (tertiary/aromatic N) is 1. The molecule has 3 aromatic carbocycles. The van der Waals surface area contributed by atoms with Gasteiger partial charge in [-0.2, -0.15) is 13.2 Å². The van der Waals surface area contributed by atoms with Gasteiger partial charge in [-0.3, -0.25) is 4.31 Å². The summed E-state index contributed by atoms with van der Waals surface area (Å²) in [7, 11) is -4.27. The van der Waals surface area contributed by atoms with Crippen molar-refractivity contribution in [1.82, 2.24) is 0 Å². The highest BCUT2D eigenvalue weighted by molar-refractivity contribution is 7.92. The molecule has 0 saturated carbocycles. The topological polar surface area (TPSA) is 46.6 Å². The summed E-state index contributed by atoms with van der Waals surface area (Å²) in [5.41, 5.74) is -0.530. The van der Waals surface area contributed by atoms with E-state index in [1.54, 1.807) is 25.1 Å². The molecule has 4 nitrogen and oxygen atoms in total. The van der Waals surface area contributed by atoms with Crippen LogP contribution >= 0.6 is 11.6 Å². The molecule has 0 aliphatic rings. The van der Waals surface area contributed by atoms with E-state index in [2.05, 4.69) is 0 Å². The number of ether oxygens (including phenoxy) is 1. The third-order valence-corrected chi connectivity index (χ3v) is 7.08. The van der Waals surface area contributed by atoms with E-state index in [4.69, 9.17) is 16.3 Å². The van der Waals surface area contributed by atoms with Gasteiger partial charge >= 0.3 is 6.18 Å². The molecular formula is C23H20ClF4NO3S. The maximum absolute atomic E-state index is 13.9. The molecule has 0 bridgehead atoms. The molecule has 176 valence electrons. The van der Waals surface area contributed by atoms with Crippen LogP contribution < -0.4 is 9.04 Å². The van der Waals surface area contributed by atoms with Crippen LogP contribution in [0.3, 0.4) is 0 Å². The number of rotatable bonds is 8. The fourth-order valence-electron chi connectivity index (χ4n) is 3.22. The summed E-state index contributed by atoms with van der Waals surface area (Å²) in [5.74, 6) is -0.137. The standard InChI is InChI=1S/C23H20ClF4NO3S/c1-2-29(33(30,31)19-9-3-6-16(14-19)23(26,27)28)17-7-4-8-18(15-17)32-13-12-20-21(24)10-5-11-22(20)25/h3-11,14-15H,2,12-13H2,1H3. The van der Waals surface area contributed by atoms with Crippen molar-refractivity contribution in [3.05, 3.63) is 88.7 Å². The largest absolute Gasteiger partial charge is 0.493 e. The van der Waals surface area contributed by atoms with Crippen molar-refractivity contribution in [2.45, 2.75) is 24.4 Å². The fraction of sp³-hybridized carbons (Fsp3) is 0.217. The summed E-state index contributed by atoms with van der Waals surface area (Å²) in [5, 5.41) is 0.275. The highest BCUT2D eigenvalue weighted by Crippen LogP contribution is 2.33. The smallest absolute Gasteiger partial charge is 0.416 e.